The van der Waals surface area contributed by atoms with Crippen LogP contribution in [-0.4, -0.2) is 12.6 Å². The number of benzene rings is 1. The van der Waals surface area contributed by atoms with Crippen LogP contribution in [0.1, 0.15) is 82.3 Å². The monoisotopic (exact) mass is 330 g/mol. The fourth-order valence-electron chi connectivity index (χ4n) is 3.53. The normalized spacial score (nSPS) is 17.7. The van der Waals surface area contributed by atoms with Crippen molar-refractivity contribution in [1.82, 2.24) is 0 Å². The molecule has 24 heavy (non-hydrogen) atoms. The average Bonchev–Trinajstić information content (AvgIpc) is 2.61. The summed E-state index contributed by atoms with van der Waals surface area (Å²) in [5.74, 6) is 0.210. The summed E-state index contributed by atoms with van der Waals surface area (Å²) in [6.07, 6.45) is 14.4. The molecule has 1 saturated heterocycles. The molecule has 0 radical (unpaired) electrons. The molecule has 2 rings (SSSR count). The highest BCUT2D eigenvalue weighted by atomic mass is 16.5. The van der Waals surface area contributed by atoms with Crippen molar-refractivity contribution >= 4 is 5.97 Å². The van der Waals surface area contributed by atoms with Gasteiger partial charge in [-0.1, -0.05) is 63.3 Å². The summed E-state index contributed by atoms with van der Waals surface area (Å²) in [6, 6.07) is 9.21. The van der Waals surface area contributed by atoms with Crippen LogP contribution in [0.3, 0.4) is 0 Å². The second-order valence-corrected chi connectivity index (χ2v) is 7.23. The molecule has 0 amide bonds. The van der Waals surface area contributed by atoms with Crippen LogP contribution in [0.2, 0.25) is 0 Å². The van der Waals surface area contributed by atoms with E-state index in [0.717, 1.165) is 32.1 Å². The number of rotatable bonds is 11. The lowest BCUT2D eigenvalue weighted by molar-refractivity contribution is -0.153. The summed E-state index contributed by atoms with van der Waals surface area (Å²) in [5.41, 5.74) is 2.93. The van der Waals surface area contributed by atoms with Gasteiger partial charge in [-0.2, -0.15) is 0 Å². The lowest BCUT2D eigenvalue weighted by Crippen LogP contribution is -2.23. The number of aryl methyl sites for hydroxylation is 2. The average molecular weight is 331 g/mol. The van der Waals surface area contributed by atoms with Crippen molar-refractivity contribution < 1.29 is 9.53 Å². The molecule has 2 nitrogen and oxygen atoms in total. The van der Waals surface area contributed by atoms with Gasteiger partial charge < -0.3 is 4.74 Å². The van der Waals surface area contributed by atoms with Crippen molar-refractivity contribution in [3.63, 3.8) is 0 Å². The van der Waals surface area contributed by atoms with E-state index in [1.165, 1.54) is 56.1 Å². The van der Waals surface area contributed by atoms with E-state index in [-0.39, 0.29) is 11.9 Å². The topological polar surface area (TPSA) is 26.3 Å². The lowest BCUT2D eigenvalue weighted by Gasteiger charge is -2.20. The van der Waals surface area contributed by atoms with Gasteiger partial charge in [0.25, 0.3) is 0 Å². The van der Waals surface area contributed by atoms with Crippen LogP contribution in [0, 0.1) is 5.92 Å². The zero-order valence-electron chi connectivity index (χ0n) is 15.4. The van der Waals surface area contributed by atoms with Crippen LogP contribution in [0.4, 0.5) is 0 Å². The first kappa shape index (κ1) is 19.0. The zero-order chi connectivity index (χ0) is 17.0. The maximum Gasteiger partial charge on any atom is 0.308 e. The largest absolute Gasteiger partial charge is 0.465 e. The minimum absolute atomic E-state index is 0.0378. The smallest absolute Gasteiger partial charge is 0.308 e. The van der Waals surface area contributed by atoms with Gasteiger partial charge in [-0.25, -0.2) is 0 Å². The molecular weight excluding hydrogens is 296 g/mol. The molecule has 2 heteroatoms. The number of hydrogen-bond donors (Lipinski definition) is 0. The van der Waals surface area contributed by atoms with Crippen LogP contribution in [0.15, 0.2) is 24.3 Å². The van der Waals surface area contributed by atoms with E-state index >= 15 is 0 Å². The molecule has 1 aliphatic rings. The van der Waals surface area contributed by atoms with Gasteiger partial charge in [0.2, 0.25) is 0 Å². The van der Waals surface area contributed by atoms with Crippen molar-refractivity contribution in [2.24, 2.45) is 5.92 Å². The second kappa shape index (κ2) is 11.3. The maximum absolute atomic E-state index is 11.6. The second-order valence-electron chi connectivity index (χ2n) is 7.23. The van der Waals surface area contributed by atoms with Crippen molar-refractivity contribution in [2.45, 2.75) is 84.0 Å². The molecule has 1 heterocycles. The standard InChI is InChI=1S/C22H34O2/c1-2-3-4-6-10-19-14-16-20(17-15-19)11-7-5-8-12-21-13-9-18-24-22(21)23/h14-17,21H,2-13,18H2,1H3. The zero-order valence-corrected chi connectivity index (χ0v) is 15.4. The molecule has 1 unspecified atom stereocenters. The minimum atomic E-state index is 0.0378. The Balaban J connectivity index is 1.56. The van der Waals surface area contributed by atoms with Crippen molar-refractivity contribution in [1.29, 1.82) is 0 Å². The third kappa shape index (κ3) is 7.07. The predicted octanol–water partition coefficient (Wildman–Crippen LogP) is 5.87. The van der Waals surface area contributed by atoms with Gasteiger partial charge >= 0.3 is 5.97 Å². The number of carbonyl (C=O) groups excluding carboxylic acids is 1. The molecule has 1 aliphatic heterocycles. The number of carbonyl (C=O) groups is 1. The van der Waals surface area contributed by atoms with Gasteiger partial charge in [0, 0.05) is 0 Å². The molecule has 0 aliphatic carbocycles. The molecule has 1 fully saturated rings. The summed E-state index contributed by atoms with van der Waals surface area (Å²) < 4.78 is 5.13. The van der Waals surface area contributed by atoms with Crippen LogP contribution in [-0.2, 0) is 22.4 Å². The molecule has 0 N–H and O–H groups in total. The van der Waals surface area contributed by atoms with Gasteiger partial charge in [0.15, 0.2) is 0 Å². The number of cyclic esters (lactones) is 1. The molecule has 0 bridgehead atoms. The number of unbranched alkanes of at least 4 members (excludes halogenated alkanes) is 5. The maximum atomic E-state index is 11.6. The van der Waals surface area contributed by atoms with Gasteiger partial charge in [-0.15, -0.1) is 0 Å². The Morgan fingerprint density at radius 3 is 2.12 bits per heavy atom. The lowest BCUT2D eigenvalue weighted by atomic mass is 9.94. The third-order valence-electron chi connectivity index (χ3n) is 5.13. The third-order valence-corrected chi connectivity index (χ3v) is 5.13. The number of esters is 1. The minimum Gasteiger partial charge on any atom is -0.465 e. The quantitative estimate of drug-likeness (QED) is 0.375. The highest BCUT2D eigenvalue weighted by Gasteiger charge is 2.22. The van der Waals surface area contributed by atoms with Gasteiger partial charge in [-0.3, -0.25) is 4.79 Å². The molecule has 0 saturated carbocycles. The first-order valence-electron chi connectivity index (χ1n) is 10.0. The molecule has 0 aromatic heterocycles. The number of ether oxygens (including phenoxy) is 1. The first-order chi connectivity index (χ1) is 11.8. The Morgan fingerprint density at radius 1 is 0.917 bits per heavy atom. The summed E-state index contributed by atoms with van der Waals surface area (Å²) in [6.45, 7) is 2.89. The Morgan fingerprint density at radius 2 is 1.54 bits per heavy atom. The Labute approximate surface area is 148 Å². The highest BCUT2D eigenvalue weighted by molar-refractivity contribution is 5.72. The van der Waals surface area contributed by atoms with E-state index in [0.29, 0.717) is 6.61 Å². The molecular formula is C22H34O2. The summed E-state index contributed by atoms with van der Waals surface area (Å²) in [5, 5.41) is 0. The van der Waals surface area contributed by atoms with E-state index in [1.54, 1.807) is 0 Å². The van der Waals surface area contributed by atoms with Gasteiger partial charge in [0.05, 0.1) is 12.5 Å². The Hall–Kier alpha value is -1.31. The van der Waals surface area contributed by atoms with Crippen LogP contribution in [0.5, 0.6) is 0 Å². The van der Waals surface area contributed by atoms with Gasteiger partial charge in [0.1, 0.15) is 0 Å². The molecule has 1 atom stereocenters. The summed E-state index contributed by atoms with van der Waals surface area (Å²) in [4.78, 5) is 11.6. The predicted molar refractivity (Wildman–Crippen MR) is 100 cm³/mol. The van der Waals surface area contributed by atoms with E-state index in [9.17, 15) is 4.79 Å². The molecule has 1 aromatic carbocycles. The first-order valence-corrected chi connectivity index (χ1v) is 10.0. The van der Waals surface area contributed by atoms with E-state index in [4.69, 9.17) is 4.74 Å². The fourth-order valence-corrected chi connectivity index (χ4v) is 3.53. The van der Waals surface area contributed by atoms with E-state index in [1.807, 2.05) is 0 Å². The van der Waals surface area contributed by atoms with Crippen LogP contribution < -0.4 is 0 Å². The molecule has 0 spiro atoms. The van der Waals surface area contributed by atoms with E-state index < -0.39 is 0 Å². The number of hydrogen-bond acceptors (Lipinski definition) is 2. The highest BCUT2D eigenvalue weighted by Crippen LogP contribution is 2.21. The van der Waals surface area contributed by atoms with Crippen molar-refractivity contribution in [3.05, 3.63) is 35.4 Å². The van der Waals surface area contributed by atoms with Crippen LogP contribution in [0.25, 0.3) is 0 Å². The SMILES string of the molecule is CCCCCCc1ccc(CCCCCC2CCCOC2=O)cc1. The fraction of sp³-hybridized carbons (Fsp3) is 0.682. The van der Waals surface area contributed by atoms with Crippen molar-refractivity contribution in [2.75, 3.05) is 6.61 Å². The van der Waals surface area contributed by atoms with Crippen molar-refractivity contribution in [3.8, 4) is 0 Å². The van der Waals surface area contributed by atoms with Gasteiger partial charge in [-0.05, 0) is 56.1 Å². The Bertz CT molecular complexity index is 463. The summed E-state index contributed by atoms with van der Waals surface area (Å²) >= 11 is 0. The van der Waals surface area contributed by atoms with E-state index in [2.05, 4.69) is 31.2 Å². The Kier molecular flexibility index (Phi) is 8.94. The molecule has 134 valence electrons. The molecule has 1 aromatic rings. The summed E-state index contributed by atoms with van der Waals surface area (Å²) in [7, 11) is 0. The van der Waals surface area contributed by atoms with Crippen LogP contribution >= 0.6 is 0 Å².